The summed E-state index contributed by atoms with van der Waals surface area (Å²) in [4.78, 5) is 23.7. The van der Waals surface area contributed by atoms with Crippen LogP contribution in [0.15, 0.2) is 24.3 Å². The molecule has 0 spiro atoms. The van der Waals surface area contributed by atoms with Gasteiger partial charge in [0.25, 0.3) is 0 Å². The van der Waals surface area contributed by atoms with Crippen LogP contribution in [0.25, 0.3) is 0 Å². The Kier molecular flexibility index (Phi) is 5.25. The van der Waals surface area contributed by atoms with E-state index in [0.29, 0.717) is 5.69 Å². The molecular weight excluding hydrogens is 255 g/mol. The zero-order valence-corrected chi connectivity index (χ0v) is 10.3. The standard InChI is InChI=1S/C12H15FN2O4/c1-15(9-4-2-3-8(13)7-9)12(19)14-10(5-6-16)11(17)18/h2-4,7,10,16H,5-6H2,1H3,(H,14,19)(H,17,18)/t10-/m1/s1. The molecule has 0 aromatic heterocycles. The van der Waals surface area contributed by atoms with Crippen molar-refractivity contribution in [1.82, 2.24) is 5.32 Å². The second-order valence-corrected chi connectivity index (χ2v) is 3.89. The van der Waals surface area contributed by atoms with Crippen LogP contribution in [0.1, 0.15) is 6.42 Å². The highest BCUT2D eigenvalue weighted by atomic mass is 19.1. The third kappa shape index (κ3) is 4.22. The number of hydrogen-bond acceptors (Lipinski definition) is 3. The quantitative estimate of drug-likeness (QED) is 0.738. The molecule has 0 aliphatic heterocycles. The predicted octanol–water partition coefficient (Wildman–Crippen LogP) is 0.807. The van der Waals surface area contributed by atoms with Gasteiger partial charge in [0.2, 0.25) is 0 Å². The molecule has 0 aliphatic carbocycles. The summed E-state index contributed by atoms with van der Waals surface area (Å²) >= 11 is 0. The third-order valence-corrected chi connectivity index (χ3v) is 2.51. The monoisotopic (exact) mass is 270 g/mol. The second kappa shape index (κ2) is 6.69. The summed E-state index contributed by atoms with van der Waals surface area (Å²) in [5, 5.41) is 19.8. The van der Waals surface area contributed by atoms with Gasteiger partial charge in [-0.1, -0.05) is 6.07 Å². The van der Waals surface area contributed by atoms with Gasteiger partial charge in [-0.25, -0.2) is 14.0 Å². The highest BCUT2D eigenvalue weighted by Gasteiger charge is 2.21. The normalized spacial score (nSPS) is 11.7. The van der Waals surface area contributed by atoms with Gasteiger partial charge in [0.15, 0.2) is 0 Å². The maximum atomic E-state index is 13.0. The number of nitrogens with zero attached hydrogens (tertiary/aromatic N) is 1. The minimum absolute atomic E-state index is 0.0991. The number of aliphatic carboxylic acids is 1. The highest BCUT2D eigenvalue weighted by molar-refractivity contribution is 5.93. The average Bonchev–Trinajstić information content (AvgIpc) is 2.37. The molecule has 1 rings (SSSR count). The van der Waals surface area contributed by atoms with Crippen molar-refractivity contribution in [3.63, 3.8) is 0 Å². The van der Waals surface area contributed by atoms with Crippen molar-refractivity contribution >= 4 is 17.7 Å². The molecule has 1 aromatic carbocycles. The summed E-state index contributed by atoms with van der Waals surface area (Å²) in [6.07, 6.45) is -0.0991. The molecule has 0 radical (unpaired) electrons. The first-order chi connectivity index (χ1) is 8.95. The molecule has 19 heavy (non-hydrogen) atoms. The summed E-state index contributed by atoms with van der Waals surface area (Å²) in [6, 6.07) is 3.48. The number of halogens is 1. The van der Waals surface area contributed by atoms with Gasteiger partial charge in [-0.05, 0) is 18.2 Å². The van der Waals surface area contributed by atoms with E-state index >= 15 is 0 Å². The number of hydrogen-bond donors (Lipinski definition) is 3. The number of nitrogens with one attached hydrogen (secondary N) is 1. The van der Waals surface area contributed by atoms with Gasteiger partial charge in [-0.3, -0.25) is 4.90 Å². The van der Waals surface area contributed by atoms with Gasteiger partial charge in [0.05, 0.1) is 0 Å². The van der Waals surface area contributed by atoms with E-state index in [4.69, 9.17) is 10.2 Å². The molecule has 0 unspecified atom stereocenters. The Morgan fingerprint density at radius 3 is 2.68 bits per heavy atom. The van der Waals surface area contributed by atoms with Crippen molar-refractivity contribution in [1.29, 1.82) is 0 Å². The summed E-state index contributed by atoms with van der Waals surface area (Å²) < 4.78 is 13.0. The van der Waals surface area contributed by atoms with Crippen LogP contribution in [0.4, 0.5) is 14.9 Å². The predicted molar refractivity (Wildman–Crippen MR) is 66.5 cm³/mol. The topological polar surface area (TPSA) is 89.9 Å². The van der Waals surface area contributed by atoms with Crippen molar-refractivity contribution in [3.8, 4) is 0 Å². The molecule has 0 fully saturated rings. The Morgan fingerprint density at radius 2 is 2.16 bits per heavy atom. The van der Waals surface area contributed by atoms with Gasteiger partial charge in [-0.15, -0.1) is 0 Å². The molecule has 104 valence electrons. The van der Waals surface area contributed by atoms with E-state index in [-0.39, 0.29) is 13.0 Å². The Bertz CT molecular complexity index is 467. The molecule has 0 bridgehead atoms. The number of amides is 2. The van der Waals surface area contributed by atoms with Crippen LogP contribution in [0.5, 0.6) is 0 Å². The maximum absolute atomic E-state index is 13.0. The number of carboxylic acids is 1. The van der Waals surface area contributed by atoms with Crippen LogP contribution < -0.4 is 10.2 Å². The van der Waals surface area contributed by atoms with Crippen molar-refractivity contribution in [2.24, 2.45) is 0 Å². The molecular formula is C12H15FN2O4. The number of carboxylic acid groups (broad SMARTS) is 1. The highest BCUT2D eigenvalue weighted by Crippen LogP contribution is 2.14. The fraction of sp³-hybridized carbons (Fsp3) is 0.333. The fourth-order valence-electron chi connectivity index (χ4n) is 1.43. The minimum atomic E-state index is -1.24. The first-order valence-corrected chi connectivity index (χ1v) is 5.59. The molecule has 3 N–H and O–H groups in total. The molecule has 1 aromatic rings. The summed E-state index contributed by atoms with van der Waals surface area (Å²) in [6.45, 7) is -0.360. The first kappa shape index (κ1) is 14.9. The lowest BCUT2D eigenvalue weighted by Crippen LogP contribution is -2.47. The van der Waals surface area contributed by atoms with E-state index in [1.54, 1.807) is 0 Å². The van der Waals surface area contributed by atoms with Crippen molar-refractivity contribution < 1.29 is 24.2 Å². The smallest absolute Gasteiger partial charge is 0.326 e. The van der Waals surface area contributed by atoms with Crippen molar-refractivity contribution in [2.75, 3.05) is 18.6 Å². The SMILES string of the molecule is CN(C(=O)N[C@H](CCO)C(=O)O)c1cccc(F)c1. The van der Waals surface area contributed by atoms with Crippen LogP contribution in [-0.2, 0) is 4.79 Å². The van der Waals surface area contributed by atoms with E-state index in [1.165, 1.54) is 25.2 Å². The third-order valence-electron chi connectivity index (χ3n) is 2.51. The van der Waals surface area contributed by atoms with Crippen LogP contribution in [0.3, 0.4) is 0 Å². The van der Waals surface area contributed by atoms with Crippen LogP contribution in [0.2, 0.25) is 0 Å². The summed E-state index contributed by atoms with van der Waals surface area (Å²) in [7, 11) is 1.39. The summed E-state index contributed by atoms with van der Waals surface area (Å²) in [5.74, 6) is -1.74. The lowest BCUT2D eigenvalue weighted by Gasteiger charge is -2.21. The average molecular weight is 270 g/mol. The molecule has 6 nitrogen and oxygen atoms in total. The van der Waals surface area contributed by atoms with Crippen LogP contribution in [-0.4, -0.2) is 41.9 Å². The van der Waals surface area contributed by atoms with E-state index in [1.807, 2.05) is 0 Å². The largest absolute Gasteiger partial charge is 0.480 e. The van der Waals surface area contributed by atoms with Crippen molar-refractivity contribution in [3.05, 3.63) is 30.1 Å². The Hall–Kier alpha value is -2.15. The second-order valence-electron chi connectivity index (χ2n) is 3.89. The van der Waals surface area contributed by atoms with Crippen LogP contribution >= 0.6 is 0 Å². The van der Waals surface area contributed by atoms with Crippen LogP contribution in [0, 0.1) is 5.82 Å². The zero-order chi connectivity index (χ0) is 14.4. The number of rotatable bonds is 5. The van der Waals surface area contributed by atoms with E-state index in [2.05, 4.69) is 5.32 Å². The van der Waals surface area contributed by atoms with E-state index in [0.717, 1.165) is 11.0 Å². The van der Waals surface area contributed by atoms with Gasteiger partial charge in [-0.2, -0.15) is 0 Å². The molecule has 1 atom stereocenters. The molecule has 0 heterocycles. The number of aliphatic hydroxyl groups excluding tert-OH is 1. The number of aliphatic hydroxyl groups is 1. The number of carbonyl (C=O) groups is 2. The van der Waals surface area contributed by atoms with Crippen molar-refractivity contribution in [2.45, 2.75) is 12.5 Å². The Labute approximate surface area is 109 Å². The lowest BCUT2D eigenvalue weighted by molar-refractivity contribution is -0.139. The van der Waals surface area contributed by atoms with Gasteiger partial charge in [0, 0.05) is 25.8 Å². The maximum Gasteiger partial charge on any atom is 0.326 e. The van der Waals surface area contributed by atoms with E-state index in [9.17, 15) is 14.0 Å². The number of carbonyl (C=O) groups excluding carboxylic acids is 1. The molecule has 2 amide bonds. The summed E-state index contributed by atoms with van der Waals surface area (Å²) in [5.41, 5.74) is 0.297. The molecule has 7 heteroatoms. The lowest BCUT2D eigenvalue weighted by atomic mass is 10.2. The molecule has 0 saturated heterocycles. The Balaban J connectivity index is 2.74. The van der Waals surface area contributed by atoms with Gasteiger partial charge < -0.3 is 15.5 Å². The van der Waals surface area contributed by atoms with Gasteiger partial charge in [0.1, 0.15) is 11.9 Å². The minimum Gasteiger partial charge on any atom is -0.480 e. The number of anilines is 1. The number of urea groups is 1. The Morgan fingerprint density at radius 1 is 1.47 bits per heavy atom. The molecule has 0 saturated carbocycles. The first-order valence-electron chi connectivity index (χ1n) is 5.59. The fourth-order valence-corrected chi connectivity index (χ4v) is 1.43. The van der Waals surface area contributed by atoms with Gasteiger partial charge >= 0.3 is 12.0 Å². The number of benzene rings is 1. The van der Waals surface area contributed by atoms with E-state index < -0.39 is 23.9 Å². The molecule has 0 aliphatic rings. The zero-order valence-electron chi connectivity index (χ0n) is 10.3.